The first-order chi connectivity index (χ1) is 12.1. The Bertz CT molecular complexity index is 774. The second-order valence-electron chi connectivity index (χ2n) is 5.82. The monoisotopic (exact) mass is 362 g/mol. The molecule has 8 nitrogen and oxygen atoms in total. The van der Waals surface area contributed by atoms with E-state index < -0.39 is 10.0 Å². The van der Waals surface area contributed by atoms with Gasteiger partial charge in [0.05, 0.1) is 5.75 Å². The minimum Gasteiger partial charge on any atom is -0.352 e. The summed E-state index contributed by atoms with van der Waals surface area (Å²) in [5, 5.41) is 11.5. The first-order valence-electron chi connectivity index (χ1n) is 8.33. The Balaban J connectivity index is 1.59. The molecule has 0 spiro atoms. The Labute approximate surface area is 147 Å². The topological polar surface area (TPSA) is 91.3 Å². The van der Waals surface area contributed by atoms with Crippen molar-refractivity contribution in [1.29, 1.82) is 0 Å². The molecule has 0 radical (unpaired) electrons. The van der Waals surface area contributed by atoms with Crippen LogP contribution >= 0.6 is 0 Å². The molecule has 1 aliphatic heterocycles. The summed E-state index contributed by atoms with van der Waals surface area (Å²) in [7, 11) is -3.13. The molecular weight excluding hydrogens is 340 g/mol. The van der Waals surface area contributed by atoms with E-state index in [0.29, 0.717) is 44.2 Å². The third-order valence-electron chi connectivity index (χ3n) is 3.99. The van der Waals surface area contributed by atoms with E-state index in [4.69, 9.17) is 0 Å². The van der Waals surface area contributed by atoms with Crippen molar-refractivity contribution in [3.63, 3.8) is 0 Å². The third kappa shape index (κ3) is 4.43. The highest BCUT2D eigenvalue weighted by atomic mass is 32.2. The van der Waals surface area contributed by atoms with Gasteiger partial charge in [-0.15, -0.1) is 10.2 Å². The molecule has 1 aliphatic rings. The summed E-state index contributed by atoms with van der Waals surface area (Å²) in [5.41, 5.74) is 0. The molecular formula is C16H22N6O2S. The minimum absolute atomic E-state index is 0.209. The zero-order valence-corrected chi connectivity index (χ0v) is 15.0. The molecule has 0 aliphatic carbocycles. The molecule has 134 valence electrons. The SMILES string of the molecule is CCCS(=O)(=O)N1CCN(c2ccc(Nc3ccccn3)nn2)CC1. The van der Waals surface area contributed by atoms with Crippen LogP contribution in [0, 0.1) is 0 Å². The zero-order valence-electron chi connectivity index (χ0n) is 14.2. The lowest BCUT2D eigenvalue weighted by atomic mass is 10.3. The lowest BCUT2D eigenvalue weighted by molar-refractivity contribution is 0.383. The van der Waals surface area contributed by atoms with Gasteiger partial charge in [0.25, 0.3) is 0 Å². The van der Waals surface area contributed by atoms with Gasteiger partial charge in [-0.3, -0.25) is 0 Å². The molecule has 1 fully saturated rings. The maximum atomic E-state index is 12.1. The summed E-state index contributed by atoms with van der Waals surface area (Å²) in [6.07, 6.45) is 2.34. The van der Waals surface area contributed by atoms with Crippen LogP contribution in [-0.4, -0.2) is 59.8 Å². The number of hydrogen-bond acceptors (Lipinski definition) is 7. The quantitative estimate of drug-likeness (QED) is 0.832. The summed E-state index contributed by atoms with van der Waals surface area (Å²) in [4.78, 5) is 6.23. The molecule has 0 bridgehead atoms. The lowest BCUT2D eigenvalue weighted by Crippen LogP contribution is -2.49. The number of sulfonamides is 1. The molecule has 2 aromatic heterocycles. The van der Waals surface area contributed by atoms with Gasteiger partial charge in [0.2, 0.25) is 10.0 Å². The van der Waals surface area contributed by atoms with Gasteiger partial charge in [-0.1, -0.05) is 13.0 Å². The lowest BCUT2D eigenvalue weighted by Gasteiger charge is -2.34. The van der Waals surface area contributed by atoms with Crippen molar-refractivity contribution >= 4 is 27.5 Å². The second-order valence-corrected chi connectivity index (χ2v) is 7.91. The number of aromatic nitrogens is 3. The molecule has 25 heavy (non-hydrogen) atoms. The maximum absolute atomic E-state index is 12.1. The molecule has 0 atom stereocenters. The van der Waals surface area contributed by atoms with E-state index in [1.54, 1.807) is 10.5 Å². The van der Waals surface area contributed by atoms with Crippen molar-refractivity contribution in [2.24, 2.45) is 0 Å². The fraction of sp³-hybridized carbons (Fsp3) is 0.438. The van der Waals surface area contributed by atoms with Crippen LogP contribution in [0.1, 0.15) is 13.3 Å². The summed E-state index contributed by atoms with van der Waals surface area (Å²) in [5.74, 6) is 2.28. The van der Waals surface area contributed by atoms with Crippen LogP contribution in [0.4, 0.5) is 17.5 Å². The molecule has 3 rings (SSSR count). The second kappa shape index (κ2) is 7.75. The molecule has 1 N–H and O–H groups in total. The van der Waals surface area contributed by atoms with Crippen molar-refractivity contribution in [1.82, 2.24) is 19.5 Å². The van der Waals surface area contributed by atoms with Gasteiger partial charge in [-0.2, -0.15) is 4.31 Å². The van der Waals surface area contributed by atoms with Crippen LogP contribution in [0.5, 0.6) is 0 Å². The van der Waals surface area contributed by atoms with Crippen molar-refractivity contribution in [2.45, 2.75) is 13.3 Å². The summed E-state index contributed by atoms with van der Waals surface area (Å²) >= 11 is 0. The Hall–Kier alpha value is -2.26. The number of nitrogens with one attached hydrogen (secondary N) is 1. The van der Waals surface area contributed by atoms with Gasteiger partial charge in [-0.05, 0) is 30.7 Å². The summed E-state index contributed by atoms with van der Waals surface area (Å²) in [6.45, 7) is 4.08. The van der Waals surface area contributed by atoms with Crippen LogP contribution in [0.2, 0.25) is 0 Å². The Morgan fingerprint density at radius 1 is 1.04 bits per heavy atom. The van der Waals surface area contributed by atoms with Crippen LogP contribution in [0.15, 0.2) is 36.5 Å². The number of pyridine rings is 1. The molecule has 9 heteroatoms. The predicted octanol–water partition coefficient (Wildman–Crippen LogP) is 1.48. The van der Waals surface area contributed by atoms with E-state index in [9.17, 15) is 8.42 Å². The van der Waals surface area contributed by atoms with E-state index in [1.807, 2.05) is 37.3 Å². The number of rotatable bonds is 6. The molecule has 0 amide bonds. The van der Waals surface area contributed by atoms with Crippen molar-refractivity contribution in [3.8, 4) is 0 Å². The molecule has 0 unspecified atom stereocenters. The van der Waals surface area contributed by atoms with Gasteiger partial charge in [0.15, 0.2) is 11.6 Å². The fourth-order valence-corrected chi connectivity index (χ4v) is 4.20. The first-order valence-corrected chi connectivity index (χ1v) is 9.94. The summed E-state index contributed by atoms with van der Waals surface area (Å²) < 4.78 is 25.8. The predicted molar refractivity (Wildman–Crippen MR) is 97.4 cm³/mol. The molecule has 2 aromatic rings. The van der Waals surface area contributed by atoms with E-state index in [2.05, 4.69) is 25.4 Å². The Kier molecular flexibility index (Phi) is 5.44. The molecule has 0 aromatic carbocycles. The van der Waals surface area contributed by atoms with Gasteiger partial charge in [0, 0.05) is 32.4 Å². The summed E-state index contributed by atoms with van der Waals surface area (Å²) in [6, 6.07) is 9.32. The highest BCUT2D eigenvalue weighted by Gasteiger charge is 2.26. The highest BCUT2D eigenvalue weighted by Crippen LogP contribution is 2.17. The smallest absolute Gasteiger partial charge is 0.214 e. The van der Waals surface area contributed by atoms with E-state index in [0.717, 1.165) is 5.82 Å². The third-order valence-corrected chi connectivity index (χ3v) is 6.07. The molecule has 0 saturated carbocycles. The number of anilines is 3. The number of hydrogen-bond donors (Lipinski definition) is 1. The van der Waals surface area contributed by atoms with Crippen LogP contribution in [0.3, 0.4) is 0 Å². The average molecular weight is 362 g/mol. The zero-order chi connectivity index (χ0) is 17.7. The Morgan fingerprint density at radius 3 is 2.44 bits per heavy atom. The largest absolute Gasteiger partial charge is 0.352 e. The van der Waals surface area contributed by atoms with E-state index in [-0.39, 0.29) is 5.75 Å². The Morgan fingerprint density at radius 2 is 1.84 bits per heavy atom. The fourth-order valence-electron chi connectivity index (χ4n) is 2.71. The van der Waals surface area contributed by atoms with Crippen LogP contribution in [-0.2, 0) is 10.0 Å². The van der Waals surface area contributed by atoms with Crippen molar-refractivity contribution < 1.29 is 8.42 Å². The first kappa shape index (κ1) is 17.6. The minimum atomic E-state index is -3.13. The number of piperazine rings is 1. The van der Waals surface area contributed by atoms with Crippen molar-refractivity contribution in [3.05, 3.63) is 36.5 Å². The highest BCUT2D eigenvalue weighted by molar-refractivity contribution is 7.89. The van der Waals surface area contributed by atoms with E-state index in [1.165, 1.54) is 0 Å². The van der Waals surface area contributed by atoms with Gasteiger partial charge < -0.3 is 10.2 Å². The maximum Gasteiger partial charge on any atom is 0.214 e. The van der Waals surface area contributed by atoms with E-state index >= 15 is 0 Å². The van der Waals surface area contributed by atoms with Crippen LogP contribution < -0.4 is 10.2 Å². The molecule has 3 heterocycles. The van der Waals surface area contributed by atoms with Crippen LogP contribution in [0.25, 0.3) is 0 Å². The standard InChI is InChI=1S/C16H22N6O2S/c1-2-13-25(23,24)22-11-9-21(10-12-22)16-7-6-15(19-20-16)18-14-5-3-4-8-17-14/h3-8H,2,9-13H2,1H3,(H,17,18,19). The van der Waals surface area contributed by atoms with Gasteiger partial charge in [0.1, 0.15) is 5.82 Å². The molecule has 1 saturated heterocycles. The normalized spacial score (nSPS) is 16.0. The van der Waals surface area contributed by atoms with Gasteiger partial charge >= 0.3 is 0 Å². The van der Waals surface area contributed by atoms with Crippen molar-refractivity contribution in [2.75, 3.05) is 42.1 Å². The number of nitrogens with zero attached hydrogens (tertiary/aromatic N) is 5. The average Bonchev–Trinajstić information content (AvgIpc) is 2.63. The van der Waals surface area contributed by atoms with Gasteiger partial charge in [-0.25, -0.2) is 13.4 Å².